The number of rotatable bonds is 7. The molecule has 0 spiro atoms. The van der Waals surface area contributed by atoms with E-state index < -0.39 is 0 Å². The second-order valence-corrected chi connectivity index (χ2v) is 8.15. The summed E-state index contributed by atoms with van der Waals surface area (Å²) in [7, 11) is 0. The first-order chi connectivity index (χ1) is 14.5. The minimum absolute atomic E-state index is 0.00384. The molecule has 1 aromatic carbocycles. The third-order valence-electron chi connectivity index (χ3n) is 5.68. The Labute approximate surface area is 178 Å². The average molecular weight is 411 g/mol. The van der Waals surface area contributed by atoms with Gasteiger partial charge in [-0.15, -0.1) is 0 Å². The fraction of sp³-hybridized carbons (Fsp3) is 0.458. The monoisotopic (exact) mass is 410 g/mol. The van der Waals surface area contributed by atoms with Gasteiger partial charge in [0.1, 0.15) is 17.3 Å². The van der Waals surface area contributed by atoms with Gasteiger partial charge in [0, 0.05) is 25.3 Å². The quantitative estimate of drug-likeness (QED) is 0.549. The van der Waals surface area contributed by atoms with E-state index in [0.29, 0.717) is 23.0 Å². The van der Waals surface area contributed by atoms with E-state index in [2.05, 4.69) is 16.9 Å². The summed E-state index contributed by atoms with van der Waals surface area (Å²) in [4.78, 5) is 23.5. The molecule has 0 radical (unpaired) electrons. The summed E-state index contributed by atoms with van der Waals surface area (Å²) in [6.45, 7) is 5.61. The number of hydrogen-bond donors (Lipinski definition) is 1. The molecule has 1 amide bonds. The van der Waals surface area contributed by atoms with Crippen molar-refractivity contribution in [2.75, 3.05) is 13.1 Å². The van der Waals surface area contributed by atoms with Gasteiger partial charge >= 0.3 is 0 Å². The van der Waals surface area contributed by atoms with E-state index in [9.17, 15) is 9.18 Å². The first-order valence-electron chi connectivity index (χ1n) is 10.8. The summed E-state index contributed by atoms with van der Waals surface area (Å²) in [6.07, 6.45) is 6.45. The van der Waals surface area contributed by atoms with Gasteiger partial charge < -0.3 is 10.6 Å². The van der Waals surface area contributed by atoms with Crippen molar-refractivity contribution < 1.29 is 9.18 Å². The Balaban J connectivity index is 1.54. The van der Waals surface area contributed by atoms with Crippen molar-refractivity contribution in [1.29, 1.82) is 0 Å². The number of amides is 1. The summed E-state index contributed by atoms with van der Waals surface area (Å²) in [5.41, 5.74) is 8.38. The third kappa shape index (κ3) is 5.88. The summed E-state index contributed by atoms with van der Waals surface area (Å²) >= 11 is 0. The van der Waals surface area contributed by atoms with Crippen molar-refractivity contribution in [2.24, 2.45) is 16.6 Å². The summed E-state index contributed by atoms with van der Waals surface area (Å²) < 4.78 is 13.1. The lowest BCUT2D eigenvalue weighted by Crippen LogP contribution is -2.39. The van der Waals surface area contributed by atoms with Crippen molar-refractivity contribution >= 4 is 11.7 Å². The van der Waals surface area contributed by atoms with Crippen molar-refractivity contribution in [3.05, 3.63) is 65.2 Å². The Morgan fingerprint density at radius 1 is 1.23 bits per heavy atom. The van der Waals surface area contributed by atoms with Gasteiger partial charge in [0.05, 0.1) is 5.56 Å². The molecular weight excluding hydrogens is 379 g/mol. The maximum Gasteiger partial charge on any atom is 0.255 e. The number of halogens is 1. The molecule has 1 saturated heterocycles. The lowest BCUT2D eigenvalue weighted by atomic mass is 9.90. The molecule has 0 saturated carbocycles. The zero-order valence-corrected chi connectivity index (χ0v) is 17.9. The molecule has 1 fully saturated rings. The van der Waals surface area contributed by atoms with Gasteiger partial charge in [-0.25, -0.2) is 4.39 Å². The second kappa shape index (κ2) is 10.3. The summed E-state index contributed by atoms with van der Waals surface area (Å²) in [5.74, 6) is 0.726. The molecule has 2 aromatic rings. The number of aliphatic imine (C=N–C) groups is 1. The molecule has 3 rings (SSSR count). The Morgan fingerprint density at radius 2 is 1.93 bits per heavy atom. The molecule has 160 valence electrons. The number of aromatic nitrogens is 1. The predicted octanol–water partition coefficient (Wildman–Crippen LogP) is 4.21. The molecule has 6 heteroatoms. The fourth-order valence-corrected chi connectivity index (χ4v) is 3.93. The van der Waals surface area contributed by atoms with E-state index >= 15 is 0 Å². The van der Waals surface area contributed by atoms with Crippen LogP contribution in [-0.2, 0) is 6.42 Å². The molecule has 1 aliphatic rings. The Hall–Kier alpha value is -2.76. The van der Waals surface area contributed by atoms with Crippen molar-refractivity contribution in [3.63, 3.8) is 0 Å². The van der Waals surface area contributed by atoms with Crippen molar-refractivity contribution in [3.8, 4) is 0 Å². The van der Waals surface area contributed by atoms with Crippen LogP contribution in [0.25, 0.3) is 0 Å². The van der Waals surface area contributed by atoms with Crippen LogP contribution >= 0.6 is 0 Å². The van der Waals surface area contributed by atoms with Crippen molar-refractivity contribution in [1.82, 2.24) is 9.88 Å². The molecule has 2 heterocycles. The van der Waals surface area contributed by atoms with Crippen LogP contribution in [0.2, 0.25) is 0 Å². The number of carbonyl (C=O) groups is 1. The third-order valence-corrected chi connectivity index (χ3v) is 5.68. The van der Waals surface area contributed by atoms with Crippen LogP contribution in [0, 0.1) is 11.7 Å². The number of carbonyl (C=O) groups excluding carboxylic acids is 1. The Morgan fingerprint density at radius 3 is 2.53 bits per heavy atom. The molecule has 30 heavy (non-hydrogen) atoms. The van der Waals surface area contributed by atoms with Gasteiger partial charge in [-0.2, -0.15) is 0 Å². The maximum absolute atomic E-state index is 13.1. The van der Waals surface area contributed by atoms with Gasteiger partial charge in [-0.05, 0) is 68.4 Å². The first-order valence-corrected chi connectivity index (χ1v) is 10.8. The minimum atomic E-state index is -0.206. The molecule has 0 aliphatic carbocycles. The molecule has 1 aromatic heterocycles. The normalized spacial score (nSPS) is 16.5. The Kier molecular flexibility index (Phi) is 7.55. The van der Waals surface area contributed by atoms with Gasteiger partial charge in [0.15, 0.2) is 0 Å². The van der Waals surface area contributed by atoms with Gasteiger partial charge in [-0.3, -0.25) is 14.8 Å². The lowest BCUT2D eigenvalue weighted by molar-refractivity contribution is 0.0690. The van der Waals surface area contributed by atoms with Crippen LogP contribution in [0.15, 0.2) is 47.6 Å². The molecule has 1 unspecified atom stereocenters. The van der Waals surface area contributed by atoms with Gasteiger partial charge in [0.25, 0.3) is 5.91 Å². The number of amidine groups is 1. The second-order valence-electron chi connectivity index (χ2n) is 8.15. The van der Waals surface area contributed by atoms with Gasteiger partial charge in [0.2, 0.25) is 0 Å². The number of nitrogens with two attached hydrogens (primary N) is 1. The van der Waals surface area contributed by atoms with E-state index in [-0.39, 0.29) is 17.8 Å². The lowest BCUT2D eigenvalue weighted by Gasteiger charge is -2.32. The molecular formula is C24H31FN4O. The number of pyridine rings is 1. The average Bonchev–Trinajstić information content (AvgIpc) is 2.75. The van der Waals surface area contributed by atoms with Crippen LogP contribution in [0.1, 0.15) is 61.1 Å². The van der Waals surface area contributed by atoms with E-state index in [1.807, 2.05) is 24.0 Å². The van der Waals surface area contributed by atoms with E-state index in [1.165, 1.54) is 12.1 Å². The standard InChI is InChI=1S/C24H31FN4O/c1-3-4-17(2)28-23(26)22-10-7-20(16-27-22)24(30)29-13-11-19(12-14-29)15-18-5-8-21(25)9-6-18/h5-10,16-17,19H,3-4,11-15H2,1-2H3,(H2,26,28). The topological polar surface area (TPSA) is 71.6 Å². The Bertz CT molecular complexity index is 856. The zero-order chi connectivity index (χ0) is 21.5. The molecule has 5 nitrogen and oxygen atoms in total. The highest BCUT2D eigenvalue weighted by atomic mass is 19.1. The highest BCUT2D eigenvalue weighted by Crippen LogP contribution is 2.23. The first kappa shape index (κ1) is 21.9. The number of hydrogen-bond acceptors (Lipinski definition) is 3. The number of likely N-dealkylation sites (tertiary alicyclic amines) is 1. The summed E-state index contributed by atoms with van der Waals surface area (Å²) in [5, 5.41) is 0. The SMILES string of the molecule is CCCC(C)N=C(N)c1ccc(C(=O)N2CCC(Cc3ccc(F)cc3)CC2)cn1. The van der Waals surface area contributed by atoms with E-state index in [0.717, 1.165) is 50.8 Å². The van der Waals surface area contributed by atoms with E-state index in [4.69, 9.17) is 5.73 Å². The molecule has 1 atom stereocenters. The largest absolute Gasteiger partial charge is 0.382 e. The zero-order valence-electron chi connectivity index (χ0n) is 17.9. The van der Waals surface area contributed by atoms with Crippen molar-refractivity contribution in [2.45, 2.75) is 52.0 Å². The maximum atomic E-state index is 13.1. The van der Waals surface area contributed by atoms with Crippen LogP contribution < -0.4 is 5.73 Å². The van der Waals surface area contributed by atoms with E-state index in [1.54, 1.807) is 18.3 Å². The number of nitrogens with zero attached hydrogens (tertiary/aromatic N) is 3. The van der Waals surface area contributed by atoms with Gasteiger partial charge in [-0.1, -0.05) is 25.5 Å². The molecule has 1 aliphatic heterocycles. The summed E-state index contributed by atoms with van der Waals surface area (Å²) in [6, 6.07) is 10.4. The van der Waals surface area contributed by atoms with Crippen LogP contribution in [0.5, 0.6) is 0 Å². The van der Waals surface area contributed by atoms with Crippen LogP contribution in [-0.4, -0.2) is 40.8 Å². The molecule has 0 bridgehead atoms. The predicted molar refractivity (Wildman–Crippen MR) is 118 cm³/mol. The van der Waals surface area contributed by atoms with Crippen LogP contribution in [0.4, 0.5) is 4.39 Å². The number of piperidine rings is 1. The smallest absolute Gasteiger partial charge is 0.255 e. The highest BCUT2D eigenvalue weighted by molar-refractivity contribution is 5.98. The minimum Gasteiger partial charge on any atom is -0.382 e. The van der Waals surface area contributed by atoms with Crippen LogP contribution in [0.3, 0.4) is 0 Å². The fourth-order valence-electron chi connectivity index (χ4n) is 3.93. The number of benzene rings is 1. The highest BCUT2D eigenvalue weighted by Gasteiger charge is 2.24. The molecule has 2 N–H and O–H groups in total.